The van der Waals surface area contributed by atoms with E-state index in [1.54, 1.807) is 28.0 Å². The summed E-state index contributed by atoms with van der Waals surface area (Å²) in [4.78, 5) is 36.0. The van der Waals surface area contributed by atoms with Crippen LogP contribution in [0.25, 0.3) is 10.2 Å². The fraction of sp³-hybridized carbons (Fsp3) is 0.611. The number of aromatic nitrogens is 2. The van der Waals surface area contributed by atoms with Crippen molar-refractivity contribution in [3.8, 4) is 0 Å². The van der Waals surface area contributed by atoms with Gasteiger partial charge in [-0.2, -0.15) is 11.8 Å². The first-order valence-electron chi connectivity index (χ1n) is 8.84. The summed E-state index contributed by atoms with van der Waals surface area (Å²) in [5.74, 6) is 2.24. The third kappa shape index (κ3) is 4.08. The molecule has 2 aromatic rings. The summed E-state index contributed by atoms with van der Waals surface area (Å²) in [7, 11) is 1.84. The summed E-state index contributed by atoms with van der Waals surface area (Å²) in [6.07, 6.45) is 4.96. The first-order valence-corrected chi connectivity index (χ1v) is 10.8. The molecule has 1 amide bonds. The average Bonchev–Trinajstić information content (AvgIpc) is 2.96. The number of rotatable bonds is 6. The molecule has 0 aromatic carbocycles. The number of carbonyl (C=O) groups excluding carboxylic acids is 1. The molecule has 0 fully saturated rings. The fourth-order valence-electron chi connectivity index (χ4n) is 3.07. The van der Waals surface area contributed by atoms with Gasteiger partial charge in [-0.1, -0.05) is 0 Å². The predicted octanol–water partition coefficient (Wildman–Crippen LogP) is 3.35. The highest BCUT2D eigenvalue weighted by Gasteiger charge is 2.19. The Morgan fingerprint density at radius 2 is 2.12 bits per heavy atom. The van der Waals surface area contributed by atoms with Crippen LogP contribution in [0.3, 0.4) is 0 Å². The Kier molecular flexibility index (Phi) is 5.84. The quantitative estimate of drug-likeness (QED) is 0.782. The topological polar surface area (TPSA) is 66.1 Å². The van der Waals surface area contributed by atoms with E-state index in [0.29, 0.717) is 18.0 Å². The van der Waals surface area contributed by atoms with Gasteiger partial charge in [0.1, 0.15) is 10.7 Å². The molecular formula is C18H25N3O2S2. The molecule has 0 unspecified atom stereocenters. The molecule has 0 saturated heterocycles. The van der Waals surface area contributed by atoms with Crippen LogP contribution in [-0.4, -0.2) is 39.6 Å². The molecule has 0 bridgehead atoms. The Balaban J connectivity index is 1.63. The molecule has 2 heterocycles. The maximum Gasteiger partial charge on any atom is 0.259 e. The molecule has 0 atom stereocenters. The molecule has 0 spiro atoms. The van der Waals surface area contributed by atoms with Crippen molar-refractivity contribution in [2.24, 2.45) is 0 Å². The van der Waals surface area contributed by atoms with E-state index < -0.39 is 0 Å². The van der Waals surface area contributed by atoms with Crippen LogP contribution in [-0.2, 0) is 23.4 Å². The van der Waals surface area contributed by atoms with Gasteiger partial charge in [0.15, 0.2) is 0 Å². The third-order valence-corrected chi connectivity index (χ3v) is 6.90. The summed E-state index contributed by atoms with van der Waals surface area (Å²) in [5.41, 5.74) is 1.22. The molecule has 7 heteroatoms. The van der Waals surface area contributed by atoms with E-state index in [2.05, 4.69) is 9.97 Å². The highest BCUT2D eigenvalue weighted by molar-refractivity contribution is 7.98. The number of thioether (sulfide) groups is 1. The second kappa shape index (κ2) is 7.91. The Hall–Kier alpha value is -1.34. The zero-order valence-corrected chi connectivity index (χ0v) is 16.7. The van der Waals surface area contributed by atoms with Gasteiger partial charge >= 0.3 is 0 Å². The van der Waals surface area contributed by atoms with E-state index in [4.69, 9.17) is 0 Å². The predicted molar refractivity (Wildman–Crippen MR) is 106 cm³/mol. The maximum absolute atomic E-state index is 12.5. The zero-order valence-electron chi connectivity index (χ0n) is 15.1. The Labute approximate surface area is 156 Å². The molecule has 0 aliphatic heterocycles. The SMILES string of the molecule is CC(C)N(C)C(=O)CCSCc1nc2sc3c(c2c(=O)[nH]1)CCCC3. The van der Waals surface area contributed by atoms with E-state index in [1.807, 2.05) is 20.9 Å². The molecule has 5 nitrogen and oxygen atoms in total. The lowest BCUT2D eigenvalue weighted by Crippen LogP contribution is -2.33. The number of thiophene rings is 1. The Morgan fingerprint density at radius 3 is 2.88 bits per heavy atom. The number of amides is 1. The number of nitrogens with one attached hydrogen (secondary N) is 1. The lowest BCUT2D eigenvalue weighted by Gasteiger charge is -2.21. The molecule has 1 N–H and O–H groups in total. The minimum atomic E-state index is -0.00406. The number of aryl methyl sites for hydroxylation is 2. The van der Waals surface area contributed by atoms with Crippen molar-refractivity contribution < 1.29 is 4.79 Å². The van der Waals surface area contributed by atoms with Crippen molar-refractivity contribution in [1.29, 1.82) is 0 Å². The van der Waals surface area contributed by atoms with Crippen LogP contribution in [0.5, 0.6) is 0 Å². The van der Waals surface area contributed by atoms with E-state index in [9.17, 15) is 9.59 Å². The third-order valence-electron chi connectivity index (χ3n) is 4.74. The minimum Gasteiger partial charge on any atom is -0.343 e. The van der Waals surface area contributed by atoms with Gasteiger partial charge in [-0.15, -0.1) is 11.3 Å². The van der Waals surface area contributed by atoms with Gasteiger partial charge in [0, 0.05) is 30.1 Å². The van der Waals surface area contributed by atoms with Gasteiger partial charge in [0.05, 0.1) is 11.1 Å². The van der Waals surface area contributed by atoms with Crippen LogP contribution in [0.15, 0.2) is 4.79 Å². The largest absolute Gasteiger partial charge is 0.343 e. The second-order valence-corrected chi connectivity index (χ2v) is 8.99. The standard InChI is InChI=1S/C18H25N3O2S2/c1-11(2)21(3)15(22)8-9-24-10-14-19-17(23)16-12-6-4-5-7-13(12)25-18(16)20-14/h11H,4-10H2,1-3H3,(H,19,20,23). The van der Waals surface area contributed by atoms with Gasteiger partial charge in [-0.3, -0.25) is 9.59 Å². The molecule has 0 saturated carbocycles. The van der Waals surface area contributed by atoms with Gasteiger partial charge < -0.3 is 9.88 Å². The zero-order chi connectivity index (χ0) is 18.0. The summed E-state index contributed by atoms with van der Waals surface area (Å²) in [6, 6.07) is 0.225. The van der Waals surface area contributed by atoms with Crippen molar-refractivity contribution in [3.63, 3.8) is 0 Å². The molecule has 1 aliphatic rings. The van der Waals surface area contributed by atoms with Gasteiger partial charge in [0.2, 0.25) is 5.91 Å². The van der Waals surface area contributed by atoms with Gasteiger partial charge in [-0.25, -0.2) is 4.98 Å². The van der Waals surface area contributed by atoms with Gasteiger partial charge in [-0.05, 0) is 45.1 Å². The summed E-state index contributed by atoms with van der Waals surface area (Å²) >= 11 is 3.32. The van der Waals surface area contributed by atoms with Crippen LogP contribution in [0.4, 0.5) is 0 Å². The number of hydrogen-bond donors (Lipinski definition) is 1. The average molecular weight is 380 g/mol. The van der Waals surface area contributed by atoms with E-state index in [0.717, 1.165) is 35.2 Å². The van der Waals surface area contributed by atoms with E-state index >= 15 is 0 Å². The smallest absolute Gasteiger partial charge is 0.259 e. The molecule has 2 aromatic heterocycles. The molecule has 3 rings (SSSR count). The highest BCUT2D eigenvalue weighted by atomic mass is 32.2. The second-order valence-electron chi connectivity index (χ2n) is 6.80. The van der Waals surface area contributed by atoms with Crippen molar-refractivity contribution >= 4 is 39.2 Å². The molecule has 0 radical (unpaired) electrons. The highest BCUT2D eigenvalue weighted by Crippen LogP contribution is 2.33. The lowest BCUT2D eigenvalue weighted by molar-refractivity contribution is -0.130. The number of carbonyl (C=O) groups is 1. The summed E-state index contributed by atoms with van der Waals surface area (Å²) in [6.45, 7) is 4.02. The normalized spacial score (nSPS) is 14.1. The number of H-pyrrole nitrogens is 1. The lowest BCUT2D eigenvalue weighted by atomic mass is 9.97. The number of nitrogens with zero attached hydrogens (tertiary/aromatic N) is 2. The number of aromatic amines is 1. The Bertz CT molecular complexity index is 826. The Morgan fingerprint density at radius 1 is 1.36 bits per heavy atom. The van der Waals surface area contributed by atoms with Crippen molar-refractivity contribution in [1.82, 2.24) is 14.9 Å². The van der Waals surface area contributed by atoms with E-state index in [-0.39, 0.29) is 17.5 Å². The van der Waals surface area contributed by atoms with Crippen molar-refractivity contribution in [2.45, 2.75) is 57.7 Å². The van der Waals surface area contributed by atoms with Crippen molar-refractivity contribution in [2.75, 3.05) is 12.8 Å². The van der Waals surface area contributed by atoms with Crippen LogP contribution < -0.4 is 5.56 Å². The minimum absolute atomic E-state index is 0.00406. The molecular weight excluding hydrogens is 354 g/mol. The monoisotopic (exact) mass is 379 g/mol. The fourth-order valence-corrected chi connectivity index (χ4v) is 5.14. The molecule has 25 heavy (non-hydrogen) atoms. The van der Waals surface area contributed by atoms with Crippen LogP contribution >= 0.6 is 23.1 Å². The first-order chi connectivity index (χ1) is 12.0. The maximum atomic E-state index is 12.5. The molecule has 136 valence electrons. The van der Waals surface area contributed by atoms with Crippen molar-refractivity contribution in [3.05, 3.63) is 26.6 Å². The van der Waals surface area contributed by atoms with Crippen LogP contribution in [0.1, 0.15) is 49.4 Å². The summed E-state index contributed by atoms with van der Waals surface area (Å²) in [5, 5.41) is 0.808. The van der Waals surface area contributed by atoms with E-state index in [1.165, 1.54) is 16.9 Å². The number of hydrogen-bond acceptors (Lipinski definition) is 5. The first kappa shape index (κ1) is 18.5. The van der Waals surface area contributed by atoms with Crippen LogP contribution in [0, 0.1) is 0 Å². The van der Waals surface area contributed by atoms with Crippen LogP contribution in [0.2, 0.25) is 0 Å². The van der Waals surface area contributed by atoms with Gasteiger partial charge in [0.25, 0.3) is 5.56 Å². The summed E-state index contributed by atoms with van der Waals surface area (Å²) < 4.78 is 0. The number of fused-ring (bicyclic) bond motifs is 3. The molecule has 1 aliphatic carbocycles.